The zero-order valence-corrected chi connectivity index (χ0v) is 27.5. The number of nitrogens with zero attached hydrogens (tertiary/aromatic N) is 3. The number of pyridine rings is 1. The van der Waals surface area contributed by atoms with Gasteiger partial charge >= 0.3 is 0 Å². The number of fused-ring (bicyclic) bond motifs is 4. The van der Waals surface area contributed by atoms with Gasteiger partial charge in [0, 0.05) is 36.4 Å². The summed E-state index contributed by atoms with van der Waals surface area (Å²) in [6.07, 6.45) is 23.3. The maximum atomic E-state index is 4.82. The number of benzene rings is 3. The first-order chi connectivity index (χ1) is 22.5. The molecule has 0 unspecified atom stereocenters. The van der Waals surface area contributed by atoms with E-state index in [4.69, 9.17) is 4.98 Å². The molecule has 0 atom stereocenters. The Kier molecular flexibility index (Phi) is 8.49. The quantitative estimate of drug-likeness (QED) is 0.216. The van der Waals surface area contributed by atoms with Gasteiger partial charge in [-0.15, -0.1) is 0 Å². The van der Waals surface area contributed by atoms with E-state index in [-0.39, 0.29) is 5.41 Å². The molecule has 3 heteroatoms. The minimum Gasteiger partial charge on any atom is -0.368 e. The van der Waals surface area contributed by atoms with Crippen LogP contribution < -0.4 is 9.80 Å². The molecule has 0 saturated heterocycles. The van der Waals surface area contributed by atoms with Gasteiger partial charge in [0.1, 0.15) is 0 Å². The topological polar surface area (TPSA) is 19.4 Å². The van der Waals surface area contributed by atoms with Crippen molar-refractivity contribution in [1.29, 1.82) is 0 Å². The second-order valence-corrected chi connectivity index (χ2v) is 13.4. The first-order valence-electron chi connectivity index (χ1n) is 17.0. The van der Waals surface area contributed by atoms with Crippen LogP contribution in [0.15, 0.2) is 115 Å². The Hall–Kier alpha value is -4.63. The van der Waals surface area contributed by atoms with Crippen LogP contribution in [0.3, 0.4) is 0 Å². The molecule has 3 aliphatic rings. The Balaban J connectivity index is 1.09. The molecule has 0 spiro atoms. The summed E-state index contributed by atoms with van der Waals surface area (Å²) in [6.45, 7) is 9.95. The molecule has 232 valence electrons. The Labute approximate surface area is 275 Å². The molecule has 3 aromatic carbocycles. The minimum atomic E-state index is -0.0690. The highest BCUT2D eigenvalue weighted by Gasteiger charge is 2.36. The van der Waals surface area contributed by atoms with Crippen LogP contribution in [0.25, 0.3) is 23.3 Å². The van der Waals surface area contributed by atoms with E-state index in [1.54, 1.807) is 0 Å². The van der Waals surface area contributed by atoms with Crippen LogP contribution in [0.4, 0.5) is 17.1 Å². The fourth-order valence-electron chi connectivity index (χ4n) is 7.43. The van der Waals surface area contributed by atoms with Crippen molar-refractivity contribution in [2.45, 2.75) is 58.3 Å². The molecule has 4 aromatic rings. The van der Waals surface area contributed by atoms with Gasteiger partial charge in [-0.2, -0.15) is 0 Å². The van der Waals surface area contributed by atoms with Crippen LogP contribution in [0.1, 0.15) is 74.4 Å². The number of aromatic nitrogens is 1. The van der Waals surface area contributed by atoms with Crippen molar-refractivity contribution in [1.82, 2.24) is 4.98 Å². The summed E-state index contributed by atoms with van der Waals surface area (Å²) in [5, 5.41) is 0. The van der Waals surface area contributed by atoms with Crippen molar-refractivity contribution in [3.05, 3.63) is 143 Å². The first-order valence-corrected chi connectivity index (χ1v) is 17.0. The predicted octanol–water partition coefficient (Wildman–Crippen LogP) is 10.7. The Morgan fingerprint density at radius 2 is 1.54 bits per heavy atom. The number of para-hydroxylation sites is 1. The van der Waals surface area contributed by atoms with E-state index >= 15 is 0 Å². The SMILES string of the molecule is CC=C1CC=CC=CCN(c2ccc3c(c2)C(C)(C)c2cc(C=Cc4ccc(N5CCCc6ccccc65)cn4)ccc2-3)CCC1. The van der Waals surface area contributed by atoms with Crippen LogP contribution in [0, 0.1) is 0 Å². The molecule has 0 amide bonds. The average molecular weight is 604 g/mol. The zero-order chi connectivity index (χ0) is 31.5. The van der Waals surface area contributed by atoms with E-state index in [0.29, 0.717) is 0 Å². The zero-order valence-electron chi connectivity index (χ0n) is 27.5. The molecule has 7 rings (SSSR count). The molecule has 1 aliphatic carbocycles. The highest BCUT2D eigenvalue weighted by Crippen LogP contribution is 2.50. The molecular weight excluding hydrogens is 558 g/mol. The van der Waals surface area contributed by atoms with Crippen LogP contribution in [-0.4, -0.2) is 24.6 Å². The van der Waals surface area contributed by atoms with Gasteiger partial charge in [-0.1, -0.05) is 98.3 Å². The lowest BCUT2D eigenvalue weighted by Gasteiger charge is -2.31. The standard InChI is InChI=1S/C43H45N3/c1-4-32-13-7-5-6-10-26-45(27-11-14-32)36-23-25-39-38-24-19-33(29-40(38)43(2,3)41(39)30-36)18-20-35-21-22-37(31-44-35)46-28-12-16-34-15-8-9-17-42(34)46/h4-10,15,17-25,29-31H,11-14,16,26-28H2,1-3H3. The molecular formula is C43H45N3. The van der Waals surface area contributed by atoms with E-state index in [0.717, 1.165) is 50.3 Å². The summed E-state index contributed by atoms with van der Waals surface area (Å²) in [5.74, 6) is 0. The largest absolute Gasteiger partial charge is 0.368 e. The van der Waals surface area contributed by atoms with E-state index in [1.807, 2.05) is 6.20 Å². The number of hydrogen-bond acceptors (Lipinski definition) is 3. The third kappa shape index (κ3) is 5.99. The lowest BCUT2D eigenvalue weighted by Crippen LogP contribution is -2.25. The van der Waals surface area contributed by atoms with Crippen molar-refractivity contribution in [3.8, 4) is 11.1 Å². The Morgan fingerprint density at radius 3 is 2.39 bits per heavy atom. The second-order valence-electron chi connectivity index (χ2n) is 13.4. The number of rotatable bonds is 4. The molecule has 2 aliphatic heterocycles. The molecule has 0 fully saturated rings. The summed E-state index contributed by atoms with van der Waals surface area (Å²) in [5.41, 5.74) is 14.4. The first kappa shape index (κ1) is 30.0. The Morgan fingerprint density at radius 1 is 0.761 bits per heavy atom. The predicted molar refractivity (Wildman–Crippen MR) is 197 cm³/mol. The number of allylic oxidation sites excluding steroid dienone is 5. The van der Waals surface area contributed by atoms with E-state index < -0.39 is 0 Å². The molecule has 1 aromatic heterocycles. The maximum Gasteiger partial charge on any atom is 0.0631 e. The summed E-state index contributed by atoms with van der Waals surface area (Å²) in [6, 6.07) is 27.2. The van der Waals surface area contributed by atoms with Crippen LogP contribution in [-0.2, 0) is 11.8 Å². The molecule has 0 saturated carbocycles. The lowest BCUT2D eigenvalue weighted by molar-refractivity contribution is 0.659. The van der Waals surface area contributed by atoms with Gasteiger partial charge in [0.15, 0.2) is 0 Å². The highest BCUT2D eigenvalue weighted by atomic mass is 15.1. The van der Waals surface area contributed by atoms with Crippen molar-refractivity contribution in [2.75, 3.05) is 29.4 Å². The van der Waals surface area contributed by atoms with Crippen LogP contribution in [0.5, 0.6) is 0 Å². The van der Waals surface area contributed by atoms with Crippen molar-refractivity contribution in [3.63, 3.8) is 0 Å². The van der Waals surface area contributed by atoms with Crippen molar-refractivity contribution >= 4 is 29.2 Å². The average Bonchev–Trinajstić information content (AvgIpc) is 3.28. The fraction of sp³-hybridized carbons (Fsp3) is 0.279. The van der Waals surface area contributed by atoms with Crippen LogP contribution >= 0.6 is 0 Å². The van der Waals surface area contributed by atoms with Crippen LogP contribution in [0.2, 0.25) is 0 Å². The third-order valence-corrected chi connectivity index (χ3v) is 10.1. The van der Waals surface area contributed by atoms with Crippen molar-refractivity contribution in [2.24, 2.45) is 0 Å². The number of anilines is 3. The van der Waals surface area contributed by atoms with E-state index in [2.05, 4.69) is 146 Å². The highest BCUT2D eigenvalue weighted by molar-refractivity contribution is 5.84. The maximum absolute atomic E-state index is 4.82. The van der Waals surface area contributed by atoms with Crippen molar-refractivity contribution < 1.29 is 0 Å². The monoisotopic (exact) mass is 603 g/mol. The number of hydrogen-bond donors (Lipinski definition) is 0. The molecule has 3 heterocycles. The number of aryl methyl sites for hydroxylation is 1. The summed E-state index contributed by atoms with van der Waals surface area (Å²) in [4.78, 5) is 9.76. The van der Waals surface area contributed by atoms with Gasteiger partial charge in [-0.3, -0.25) is 4.98 Å². The molecule has 0 radical (unpaired) electrons. The minimum absolute atomic E-state index is 0.0690. The molecule has 46 heavy (non-hydrogen) atoms. The normalized spacial score (nSPS) is 18.4. The summed E-state index contributed by atoms with van der Waals surface area (Å²) in [7, 11) is 0. The molecule has 0 N–H and O–H groups in total. The lowest BCUT2D eigenvalue weighted by atomic mass is 9.81. The Bertz CT molecular complexity index is 1840. The van der Waals surface area contributed by atoms with Gasteiger partial charge in [-0.05, 0) is 109 Å². The molecule has 3 nitrogen and oxygen atoms in total. The van der Waals surface area contributed by atoms with E-state index in [9.17, 15) is 0 Å². The second kappa shape index (κ2) is 13.0. The third-order valence-electron chi connectivity index (χ3n) is 10.1. The van der Waals surface area contributed by atoms with Gasteiger partial charge < -0.3 is 9.80 Å². The molecule has 0 bridgehead atoms. The smallest absolute Gasteiger partial charge is 0.0631 e. The fourth-order valence-corrected chi connectivity index (χ4v) is 7.43. The van der Waals surface area contributed by atoms with Gasteiger partial charge in [0.05, 0.1) is 17.6 Å². The van der Waals surface area contributed by atoms with E-state index in [1.165, 1.54) is 63.2 Å². The van der Waals surface area contributed by atoms with Gasteiger partial charge in [0.25, 0.3) is 0 Å². The summed E-state index contributed by atoms with van der Waals surface area (Å²) >= 11 is 0. The van der Waals surface area contributed by atoms with Gasteiger partial charge in [-0.25, -0.2) is 0 Å². The summed E-state index contributed by atoms with van der Waals surface area (Å²) < 4.78 is 0. The van der Waals surface area contributed by atoms with Gasteiger partial charge in [0.2, 0.25) is 0 Å².